The lowest BCUT2D eigenvalue weighted by Gasteiger charge is -2.03. The monoisotopic (exact) mass is 390 g/mol. The van der Waals surface area contributed by atoms with Gasteiger partial charge in [0.15, 0.2) is 0 Å². The summed E-state index contributed by atoms with van der Waals surface area (Å²) in [4.78, 5) is 0. The van der Waals surface area contributed by atoms with Crippen LogP contribution in [0, 0.1) is 0 Å². The fraction of sp³-hybridized carbons (Fsp3) is 1.00. The summed E-state index contributed by atoms with van der Waals surface area (Å²) in [5.41, 5.74) is 0. The molecule has 0 N–H and O–H groups in total. The second-order valence-corrected chi connectivity index (χ2v) is 8.56. The van der Waals surface area contributed by atoms with E-state index in [9.17, 15) is 0 Å². The van der Waals surface area contributed by atoms with Crippen molar-refractivity contribution in [2.24, 2.45) is 0 Å². The number of hydrogen-bond acceptors (Lipinski definition) is 0. The molecule has 0 aromatic rings. The van der Waals surface area contributed by atoms with E-state index in [2.05, 4.69) is 6.92 Å². The van der Waals surface area contributed by atoms with Gasteiger partial charge in [-0.2, -0.15) is 11.1 Å². The van der Waals surface area contributed by atoms with E-state index < -0.39 is 0 Å². The van der Waals surface area contributed by atoms with Gasteiger partial charge in [0.25, 0.3) is 0 Å². The van der Waals surface area contributed by atoms with E-state index >= 15 is 0 Å². The molecular weight excluding hydrogens is 351 g/mol. The van der Waals surface area contributed by atoms with Crippen LogP contribution in [-0.2, 0) is 0 Å². The van der Waals surface area contributed by atoms with Gasteiger partial charge < -0.3 is 0 Å². The molecule has 0 aliphatic heterocycles. The molecule has 0 atom stereocenters. The predicted octanol–water partition coefficient (Wildman–Crippen LogP) is 7.83. The summed E-state index contributed by atoms with van der Waals surface area (Å²) < 4.78 is 0. The van der Waals surface area contributed by atoms with Crippen LogP contribution in [0.4, 0.5) is 0 Å². The molecule has 0 aliphatic carbocycles. The van der Waals surface area contributed by atoms with Crippen LogP contribution >= 0.6 is 35.9 Å². The first-order valence-corrected chi connectivity index (χ1v) is 12.6. The Kier molecular flexibility index (Phi) is 34.2. The smallest absolute Gasteiger partial charge is 0.125 e. The Hall–Kier alpha value is 1.09. The van der Waals surface area contributed by atoms with E-state index in [1.165, 1.54) is 109 Å². The molecule has 0 saturated carbocycles. The van der Waals surface area contributed by atoms with E-state index in [1.807, 2.05) is 0 Å². The Bertz CT molecular complexity index is 150. The van der Waals surface area contributed by atoms with Gasteiger partial charge in [-0.05, 0) is 6.04 Å². The largest absolute Gasteiger partial charge is 0.176 e. The zero-order valence-corrected chi connectivity index (χ0v) is 18.7. The minimum Gasteiger partial charge on any atom is -0.176 e. The first-order valence-electron chi connectivity index (χ1n) is 9.47. The Labute approximate surface area is 160 Å². The van der Waals surface area contributed by atoms with Crippen molar-refractivity contribution in [3.8, 4) is 0 Å². The van der Waals surface area contributed by atoms with Gasteiger partial charge in [0.05, 0.1) is 0 Å². The highest BCUT2D eigenvalue weighted by Crippen LogP contribution is 2.13. The number of rotatable bonds is 17. The normalized spacial score (nSPS) is 10.6. The van der Waals surface area contributed by atoms with Crippen molar-refractivity contribution in [2.45, 2.75) is 116 Å². The molecule has 0 rings (SSSR count). The molecule has 0 amide bonds. The Balaban J connectivity index is -0.00000180. The van der Waals surface area contributed by atoms with Gasteiger partial charge in [0, 0.05) is 0 Å². The summed E-state index contributed by atoms with van der Waals surface area (Å²) in [6.07, 6.45) is 23.3. The molecule has 0 spiro atoms. The summed E-state index contributed by atoms with van der Waals surface area (Å²) in [6, 6.07) is 1.35. The number of hydrogen-bond donors (Lipinski definition) is 0. The quantitative estimate of drug-likeness (QED) is 0.134. The molecule has 0 radical (unpaired) electrons. The molecule has 0 aromatic carbocycles. The summed E-state index contributed by atoms with van der Waals surface area (Å²) in [5, 5.41) is 0. The summed E-state index contributed by atoms with van der Waals surface area (Å²) in [5.74, 6) is 0. The van der Waals surface area contributed by atoms with Crippen LogP contribution in [0.1, 0.15) is 110 Å². The van der Waals surface area contributed by atoms with Gasteiger partial charge in [-0.15, -0.1) is 24.8 Å². The summed E-state index contributed by atoms with van der Waals surface area (Å²) >= 11 is 5.81. The maximum Gasteiger partial charge on any atom is 0.125 e. The zero-order chi connectivity index (χ0) is 14.7. The molecule has 138 valence electrons. The van der Waals surface area contributed by atoms with Crippen LogP contribution in [0.25, 0.3) is 0 Å². The fourth-order valence-electron chi connectivity index (χ4n) is 2.82. The highest BCUT2D eigenvalue weighted by atomic mass is 35.6. The molecule has 0 unspecified atom stereocenters. The third-order valence-corrected chi connectivity index (χ3v) is 5.81. The first-order chi connectivity index (χ1) is 9.91. The Morgan fingerprint density at radius 2 is 0.773 bits per heavy atom. The van der Waals surface area contributed by atoms with Crippen LogP contribution in [0.2, 0.25) is 6.04 Å². The highest BCUT2D eigenvalue weighted by molar-refractivity contribution is 6.93. The van der Waals surface area contributed by atoms with E-state index in [4.69, 9.17) is 11.1 Å². The molecule has 4 heteroatoms. The lowest BCUT2D eigenvalue weighted by atomic mass is 10.0. The van der Waals surface area contributed by atoms with Gasteiger partial charge in [0.2, 0.25) is 0 Å². The number of halogens is 3. The van der Waals surface area contributed by atoms with Crippen molar-refractivity contribution in [1.29, 1.82) is 0 Å². The third kappa shape index (κ3) is 26.0. The van der Waals surface area contributed by atoms with Crippen LogP contribution < -0.4 is 0 Å². The molecule has 0 aliphatic rings. The average molecular weight is 392 g/mol. The maximum atomic E-state index is 5.81. The molecule has 0 bridgehead atoms. The topological polar surface area (TPSA) is 0 Å². The molecule has 0 fully saturated rings. The zero-order valence-electron chi connectivity index (χ0n) is 14.9. The van der Waals surface area contributed by atoms with Gasteiger partial charge in [-0.25, -0.2) is 0 Å². The van der Waals surface area contributed by atoms with Crippen molar-refractivity contribution in [3.63, 3.8) is 0 Å². The van der Waals surface area contributed by atoms with Crippen LogP contribution in [0.5, 0.6) is 0 Å². The standard InChI is InChI=1S/C18H39ClSi.2ClH/c1-2-3-4-5-6-7-8-9-10-11-12-13-14-15-16-17-18-20-19;;/h2-18,20H2,1H3;2*1H. The summed E-state index contributed by atoms with van der Waals surface area (Å²) in [6.45, 7) is 2.29. The van der Waals surface area contributed by atoms with Crippen molar-refractivity contribution >= 4 is 44.7 Å². The van der Waals surface area contributed by atoms with Crippen molar-refractivity contribution in [3.05, 3.63) is 0 Å². The van der Waals surface area contributed by atoms with Gasteiger partial charge >= 0.3 is 0 Å². The van der Waals surface area contributed by atoms with Gasteiger partial charge in [-0.3, -0.25) is 0 Å². The predicted molar refractivity (Wildman–Crippen MR) is 113 cm³/mol. The van der Waals surface area contributed by atoms with E-state index in [0.717, 1.165) is 0 Å². The average Bonchev–Trinajstić information content (AvgIpc) is 2.47. The van der Waals surface area contributed by atoms with Crippen molar-refractivity contribution < 1.29 is 0 Å². The maximum absolute atomic E-state index is 5.81. The fourth-order valence-corrected chi connectivity index (χ4v) is 3.93. The molecule has 0 aromatic heterocycles. The molecular formula is C18H41Cl3Si. The second kappa shape index (κ2) is 27.0. The molecule has 22 heavy (non-hydrogen) atoms. The minimum atomic E-state index is -0.178. The lowest BCUT2D eigenvalue weighted by Crippen LogP contribution is -1.84. The van der Waals surface area contributed by atoms with Crippen LogP contribution in [-0.4, -0.2) is 8.83 Å². The Morgan fingerprint density at radius 3 is 1.05 bits per heavy atom. The van der Waals surface area contributed by atoms with E-state index in [-0.39, 0.29) is 33.6 Å². The Morgan fingerprint density at radius 1 is 0.500 bits per heavy atom. The van der Waals surface area contributed by atoms with E-state index in [1.54, 1.807) is 0 Å². The molecule has 0 nitrogen and oxygen atoms in total. The van der Waals surface area contributed by atoms with Crippen LogP contribution in [0.3, 0.4) is 0 Å². The highest BCUT2D eigenvalue weighted by Gasteiger charge is 1.94. The first kappa shape index (κ1) is 27.9. The number of unbranched alkanes of at least 4 members (excludes halogenated alkanes) is 15. The van der Waals surface area contributed by atoms with Crippen molar-refractivity contribution in [1.82, 2.24) is 0 Å². The summed E-state index contributed by atoms with van der Waals surface area (Å²) in [7, 11) is -0.178. The van der Waals surface area contributed by atoms with Gasteiger partial charge in [0.1, 0.15) is 8.83 Å². The third-order valence-electron chi connectivity index (χ3n) is 4.24. The molecule has 0 heterocycles. The molecule has 0 saturated heterocycles. The van der Waals surface area contributed by atoms with Crippen molar-refractivity contribution in [2.75, 3.05) is 0 Å². The van der Waals surface area contributed by atoms with Gasteiger partial charge in [-0.1, -0.05) is 110 Å². The van der Waals surface area contributed by atoms with E-state index in [0.29, 0.717) is 0 Å². The minimum absolute atomic E-state index is 0. The SMILES string of the molecule is CCCCCCCCCCCCCCCCCC[SiH2]Cl.Cl.Cl. The van der Waals surface area contributed by atoms with Crippen LogP contribution in [0.15, 0.2) is 0 Å². The lowest BCUT2D eigenvalue weighted by molar-refractivity contribution is 0.531. The second-order valence-electron chi connectivity index (χ2n) is 6.35.